The number of benzene rings is 1. The van der Waals surface area contributed by atoms with Gasteiger partial charge in [0, 0.05) is 24.0 Å². The molecule has 118 valence electrons. The van der Waals surface area contributed by atoms with Gasteiger partial charge in [-0.1, -0.05) is 40.6 Å². The molecule has 0 saturated heterocycles. The maximum Gasteiger partial charge on any atom is 0.442 e. The maximum absolute atomic E-state index is 11.9. The van der Waals surface area contributed by atoms with E-state index in [0.717, 1.165) is 5.56 Å². The monoisotopic (exact) mass is 321 g/mol. The van der Waals surface area contributed by atoms with E-state index >= 15 is 0 Å². The smallest absolute Gasteiger partial charge is 0.359 e. The van der Waals surface area contributed by atoms with Gasteiger partial charge in [0.15, 0.2) is 11.6 Å². The Hall–Kier alpha value is -3.55. The zero-order valence-corrected chi connectivity index (χ0v) is 12.4. The van der Waals surface area contributed by atoms with Crippen molar-refractivity contribution >= 4 is 0 Å². The molecule has 0 N–H and O–H groups in total. The molecule has 0 unspecified atom stereocenters. The third-order valence-electron chi connectivity index (χ3n) is 3.39. The van der Waals surface area contributed by atoms with Crippen LogP contribution in [-0.4, -0.2) is 24.8 Å². The molecule has 8 nitrogen and oxygen atoms in total. The van der Waals surface area contributed by atoms with Crippen LogP contribution in [0.15, 0.2) is 68.7 Å². The Morgan fingerprint density at radius 2 is 1.75 bits per heavy atom. The number of hydrogen-bond acceptors (Lipinski definition) is 7. The summed E-state index contributed by atoms with van der Waals surface area (Å²) in [6.07, 6.45) is 3.13. The van der Waals surface area contributed by atoms with Crippen LogP contribution in [0.3, 0.4) is 0 Å². The van der Waals surface area contributed by atoms with Gasteiger partial charge in [0.25, 0.3) is 0 Å². The highest BCUT2D eigenvalue weighted by Crippen LogP contribution is 2.19. The van der Waals surface area contributed by atoms with Crippen molar-refractivity contribution in [1.29, 1.82) is 0 Å². The minimum absolute atomic E-state index is 0.121. The Balaban J connectivity index is 1.67. The molecule has 8 heteroatoms. The number of aromatic nitrogens is 5. The minimum Gasteiger partial charge on any atom is -0.359 e. The van der Waals surface area contributed by atoms with Crippen molar-refractivity contribution in [3.63, 3.8) is 0 Å². The van der Waals surface area contributed by atoms with Crippen molar-refractivity contribution in [2.75, 3.05) is 0 Å². The number of hydrogen-bond donors (Lipinski definition) is 0. The first-order valence-electron chi connectivity index (χ1n) is 7.16. The lowest BCUT2D eigenvalue weighted by Gasteiger charge is -1.99. The fraction of sp³-hybridized carbons (Fsp3) is 0.0625. The summed E-state index contributed by atoms with van der Waals surface area (Å²) in [6.45, 7) is 0.121. The van der Waals surface area contributed by atoms with E-state index in [4.69, 9.17) is 9.05 Å². The zero-order chi connectivity index (χ0) is 16.4. The highest BCUT2D eigenvalue weighted by Gasteiger charge is 2.17. The molecule has 3 aromatic heterocycles. The first-order chi connectivity index (χ1) is 11.8. The number of nitrogens with zero attached hydrogens (tertiary/aromatic N) is 5. The van der Waals surface area contributed by atoms with Gasteiger partial charge in [-0.15, -0.1) is 0 Å². The predicted molar refractivity (Wildman–Crippen MR) is 82.8 cm³/mol. The third-order valence-corrected chi connectivity index (χ3v) is 3.39. The summed E-state index contributed by atoms with van der Waals surface area (Å²) in [5.74, 6) is 0.413. The molecule has 0 aliphatic rings. The van der Waals surface area contributed by atoms with E-state index in [9.17, 15) is 4.79 Å². The van der Waals surface area contributed by atoms with Crippen LogP contribution in [0.25, 0.3) is 22.9 Å². The van der Waals surface area contributed by atoms with Crippen molar-refractivity contribution in [2.45, 2.75) is 6.54 Å². The van der Waals surface area contributed by atoms with E-state index < -0.39 is 5.76 Å². The molecule has 0 radical (unpaired) electrons. The van der Waals surface area contributed by atoms with Crippen molar-refractivity contribution in [3.8, 4) is 22.9 Å². The van der Waals surface area contributed by atoms with E-state index in [0.29, 0.717) is 17.3 Å². The topological polar surface area (TPSA) is 99.8 Å². The van der Waals surface area contributed by atoms with Crippen LogP contribution >= 0.6 is 0 Å². The minimum atomic E-state index is -0.616. The number of rotatable bonds is 4. The first kappa shape index (κ1) is 14.1. The summed E-state index contributed by atoms with van der Waals surface area (Å²) in [5.41, 5.74) is 1.62. The molecule has 3 heterocycles. The van der Waals surface area contributed by atoms with Crippen LogP contribution in [-0.2, 0) is 6.54 Å². The molecule has 0 aliphatic heterocycles. The highest BCUT2D eigenvalue weighted by atomic mass is 16.5. The Morgan fingerprint density at radius 1 is 0.958 bits per heavy atom. The van der Waals surface area contributed by atoms with Gasteiger partial charge in [-0.3, -0.25) is 4.52 Å². The van der Waals surface area contributed by atoms with Gasteiger partial charge in [0.1, 0.15) is 5.69 Å². The van der Waals surface area contributed by atoms with E-state index in [2.05, 4.69) is 20.3 Å². The van der Waals surface area contributed by atoms with E-state index in [1.165, 1.54) is 4.57 Å². The van der Waals surface area contributed by atoms with Gasteiger partial charge in [-0.25, -0.2) is 19.3 Å². The van der Waals surface area contributed by atoms with Crippen molar-refractivity contribution in [2.24, 2.45) is 0 Å². The lowest BCUT2D eigenvalue weighted by Crippen LogP contribution is -2.16. The Morgan fingerprint density at radius 3 is 2.54 bits per heavy atom. The van der Waals surface area contributed by atoms with E-state index in [-0.39, 0.29) is 12.4 Å². The van der Waals surface area contributed by atoms with Crippen molar-refractivity contribution in [3.05, 3.63) is 71.2 Å². The second-order valence-electron chi connectivity index (χ2n) is 4.98. The summed E-state index contributed by atoms with van der Waals surface area (Å²) in [5, 5.41) is 7.76. The molecule has 0 saturated carbocycles. The Kier molecular flexibility index (Phi) is 3.47. The molecule has 0 amide bonds. The molecule has 0 aliphatic carbocycles. The SMILES string of the molecule is O=c1onc(-c2ncccn2)n1Cc1cc(-c2ccccc2)no1. The lowest BCUT2D eigenvalue weighted by molar-refractivity contribution is 0.358. The molecule has 0 atom stereocenters. The average molecular weight is 321 g/mol. The molecule has 1 aromatic carbocycles. The average Bonchev–Trinajstić information content (AvgIpc) is 3.25. The quantitative estimate of drug-likeness (QED) is 0.566. The molecular formula is C16H11N5O3. The van der Waals surface area contributed by atoms with E-state index in [1.807, 2.05) is 30.3 Å². The van der Waals surface area contributed by atoms with Gasteiger partial charge < -0.3 is 4.52 Å². The van der Waals surface area contributed by atoms with Crippen LogP contribution in [0.2, 0.25) is 0 Å². The van der Waals surface area contributed by atoms with Gasteiger partial charge in [0.2, 0.25) is 5.82 Å². The van der Waals surface area contributed by atoms with Crippen molar-refractivity contribution in [1.82, 2.24) is 24.8 Å². The zero-order valence-electron chi connectivity index (χ0n) is 12.4. The molecule has 4 rings (SSSR count). The Labute approximate surface area is 135 Å². The molecule has 4 aromatic rings. The fourth-order valence-corrected chi connectivity index (χ4v) is 2.27. The lowest BCUT2D eigenvalue weighted by atomic mass is 10.1. The third kappa shape index (κ3) is 2.60. The molecular weight excluding hydrogens is 310 g/mol. The second-order valence-corrected chi connectivity index (χ2v) is 4.98. The van der Waals surface area contributed by atoms with E-state index in [1.54, 1.807) is 24.5 Å². The van der Waals surface area contributed by atoms with Crippen LogP contribution in [0, 0.1) is 0 Å². The van der Waals surface area contributed by atoms with Crippen LogP contribution in [0.1, 0.15) is 5.76 Å². The summed E-state index contributed by atoms with van der Waals surface area (Å²) in [4.78, 5) is 20.1. The summed E-state index contributed by atoms with van der Waals surface area (Å²) < 4.78 is 11.3. The molecule has 0 fully saturated rings. The maximum atomic E-state index is 11.9. The van der Waals surface area contributed by atoms with Gasteiger partial charge in [0.05, 0.1) is 6.54 Å². The molecule has 0 bridgehead atoms. The fourth-order valence-electron chi connectivity index (χ4n) is 2.27. The van der Waals surface area contributed by atoms with Crippen LogP contribution in [0.4, 0.5) is 0 Å². The summed E-state index contributed by atoms with van der Waals surface area (Å²) in [7, 11) is 0. The van der Waals surface area contributed by atoms with Gasteiger partial charge in [-0.2, -0.15) is 0 Å². The van der Waals surface area contributed by atoms with Gasteiger partial charge >= 0.3 is 5.76 Å². The summed E-state index contributed by atoms with van der Waals surface area (Å²) in [6, 6.07) is 13.1. The molecule has 24 heavy (non-hydrogen) atoms. The van der Waals surface area contributed by atoms with Crippen molar-refractivity contribution < 1.29 is 9.05 Å². The molecule has 0 spiro atoms. The normalized spacial score (nSPS) is 10.8. The largest absolute Gasteiger partial charge is 0.442 e. The van der Waals surface area contributed by atoms with Gasteiger partial charge in [-0.05, 0) is 6.07 Å². The van der Waals surface area contributed by atoms with Crippen LogP contribution in [0.5, 0.6) is 0 Å². The Bertz CT molecular complexity index is 1000. The second kappa shape index (κ2) is 5.92. The summed E-state index contributed by atoms with van der Waals surface area (Å²) >= 11 is 0. The standard InChI is InChI=1S/C16H11N5O3/c22-16-21(15(20-24-16)14-17-7-4-8-18-14)10-12-9-13(19-23-12)11-5-2-1-3-6-11/h1-9H,10H2. The first-order valence-corrected chi connectivity index (χ1v) is 7.16. The predicted octanol–water partition coefficient (Wildman–Crippen LogP) is 2.00. The highest BCUT2D eigenvalue weighted by molar-refractivity contribution is 5.58. The van der Waals surface area contributed by atoms with Crippen LogP contribution < -0.4 is 5.76 Å².